The van der Waals surface area contributed by atoms with Gasteiger partial charge >= 0.3 is 6.18 Å². The van der Waals surface area contributed by atoms with E-state index in [1.54, 1.807) is 6.92 Å². The number of benzene rings is 1. The van der Waals surface area contributed by atoms with Gasteiger partial charge in [-0.25, -0.2) is 4.98 Å². The molecule has 8 nitrogen and oxygen atoms in total. The van der Waals surface area contributed by atoms with Crippen LogP contribution in [0.3, 0.4) is 0 Å². The molecular formula is C20H12Cl2F3N5O3. The second-order valence-corrected chi connectivity index (χ2v) is 7.86. The number of carbonyl (C=O) groups is 3. The van der Waals surface area contributed by atoms with Crippen molar-refractivity contribution in [3.05, 3.63) is 69.0 Å². The van der Waals surface area contributed by atoms with E-state index in [1.807, 2.05) is 0 Å². The van der Waals surface area contributed by atoms with Crippen molar-refractivity contribution >= 4 is 46.7 Å². The third-order valence-electron chi connectivity index (χ3n) is 4.70. The molecule has 1 N–H and O–H groups in total. The summed E-state index contributed by atoms with van der Waals surface area (Å²) in [6.45, 7) is 0.986. The predicted octanol–water partition coefficient (Wildman–Crippen LogP) is 4.14. The van der Waals surface area contributed by atoms with E-state index in [-0.39, 0.29) is 32.8 Å². The zero-order chi connectivity index (χ0) is 24.1. The summed E-state index contributed by atoms with van der Waals surface area (Å²) in [6.07, 6.45) is -3.91. The van der Waals surface area contributed by atoms with Crippen molar-refractivity contribution in [3.63, 3.8) is 0 Å². The standard InChI is InChI=1S/C20H12Cl2F3N5O3/c1-9-4-16(30(28-9)15-3-2-10(7-26-15)20(23,24)25)27-17(31)8-29-18(32)11-5-13(21)14(22)6-12(11)19(29)33/h2-7H,8H2,1H3,(H,27,31). The number of imide groups is 1. The van der Waals surface area contributed by atoms with Crippen LogP contribution in [-0.2, 0) is 11.0 Å². The number of pyridine rings is 1. The number of hydrogen-bond donors (Lipinski definition) is 1. The lowest BCUT2D eigenvalue weighted by Gasteiger charge is -2.14. The van der Waals surface area contributed by atoms with Crippen LogP contribution in [0.5, 0.6) is 0 Å². The monoisotopic (exact) mass is 497 g/mol. The lowest BCUT2D eigenvalue weighted by molar-refractivity contribution is -0.137. The molecule has 3 aromatic rings. The average molecular weight is 498 g/mol. The Morgan fingerprint density at radius 2 is 1.67 bits per heavy atom. The van der Waals surface area contributed by atoms with E-state index in [9.17, 15) is 27.6 Å². The van der Waals surface area contributed by atoms with E-state index < -0.39 is 36.0 Å². The molecule has 13 heteroatoms. The van der Waals surface area contributed by atoms with Crippen LogP contribution in [0.1, 0.15) is 32.0 Å². The Labute approximate surface area is 193 Å². The van der Waals surface area contributed by atoms with E-state index in [2.05, 4.69) is 15.4 Å². The number of amides is 3. The summed E-state index contributed by atoms with van der Waals surface area (Å²) in [5, 5.41) is 6.79. The Morgan fingerprint density at radius 1 is 1.06 bits per heavy atom. The van der Waals surface area contributed by atoms with Gasteiger partial charge in [0.05, 0.1) is 32.4 Å². The van der Waals surface area contributed by atoms with Crippen LogP contribution in [-0.4, -0.2) is 43.9 Å². The molecule has 0 atom stereocenters. The van der Waals surface area contributed by atoms with Crippen LogP contribution in [0.15, 0.2) is 36.5 Å². The normalized spacial score (nSPS) is 13.5. The molecule has 0 unspecified atom stereocenters. The van der Waals surface area contributed by atoms with Crippen molar-refractivity contribution < 1.29 is 27.6 Å². The predicted molar refractivity (Wildman–Crippen MR) is 112 cm³/mol. The van der Waals surface area contributed by atoms with E-state index in [0.717, 1.165) is 21.7 Å². The molecule has 0 saturated heterocycles. The fourth-order valence-electron chi connectivity index (χ4n) is 3.20. The van der Waals surface area contributed by atoms with E-state index in [1.165, 1.54) is 18.2 Å². The van der Waals surface area contributed by atoms with Gasteiger partial charge in [0.25, 0.3) is 11.8 Å². The van der Waals surface area contributed by atoms with E-state index >= 15 is 0 Å². The number of rotatable bonds is 4. The molecule has 0 bridgehead atoms. The smallest absolute Gasteiger partial charge is 0.309 e. The molecule has 1 aliphatic rings. The molecule has 1 aliphatic heterocycles. The molecule has 3 amide bonds. The maximum atomic E-state index is 12.8. The summed E-state index contributed by atoms with van der Waals surface area (Å²) in [5.41, 5.74) is -0.447. The van der Waals surface area contributed by atoms with Crippen molar-refractivity contribution in [1.29, 1.82) is 0 Å². The Bertz CT molecular complexity index is 1260. The van der Waals surface area contributed by atoms with Crippen molar-refractivity contribution in [2.24, 2.45) is 0 Å². The molecule has 0 saturated carbocycles. The quantitative estimate of drug-likeness (QED) is 0.546. The maximum Gasteiger partial charge on any atom is 0.417 e. The number of alkyl halides is 3. The van der Waals surface area contributed by atoms with Gasteiger partial charge in [0, 0.05) is 12.3 Å². The summed E-state index contributed by atoms with van der Waals surface area (Å²) in [4.78, 5) is 42.2. The van der Waals surface area contributed by atoms with Gasteiger partial charge in [0.1, 0.15) is 12.4 Å². The first-order chi connectivity index (χ1) is 15.5. The van der Waals surface area contributed by atoms with Crippen molar-refractivity contribution in [2.45, 2.75) is 13.1 Å². The zero-order valence-electron chi connectivity index (χ0n) is 16.6. The lowest BCUT2D eigenvalue weighted by Crippen LogP contribution is -2.37. The summed E-state index contributed by atoms with van der Waals surface area (Å²) in [6, 6.07) is 5.90. The number of aryl methyl sites for hydroxylation is 1. The minimum absolute atomic E-state index is 0.0245. The number of halogens is 5. The molecule has 0 fully saturated rings. The highest BCUT2D eigenvalue weighted by atomic mass is 35.5. The van der Waals surface area contributed by atoms with Crippen molar-refractivity contribution in [3.8, 4) is 5.82 Å². The molecule has 170 valence electrons. The summed E-state index contributed by atoms with van der Waals surface area (Å²) in [5.74, 6) is -2.05. The van der Waals surface area contributed by atoms with Gasteiger partial charge in [-0.2, -0.15) is 23.0 Å². The van der Waals surface area contributed by atoms with Crippen LogP contribution in [0, 0.1) is 6.92 Å². The average Bonchev–Trinajstić information content (AvgIpc) is 3.21. The van der Waals surface area contributed by atoms with Crippen LogP contribution < -0.4 is 5.32 Å². The number of anilines is 1. The number of aromatic nitrogens is 3. The number of nitrogens with zero attached hydrogens (tertiary/aromatic N) is 4. The second-order valence-electron chi connectivity index (χ2n) is 7.04. The largest absolute Gasteiger partial charge is 0.417 e. The fourth-order valence-corrected chi connectivity index (χ4v) is 3.52. The molecular weight excluding hydrogens is 486 g/mol. The van der Waals surface area contributed by atoms with Gasteiger partial charge in [-0.3, -0.25) is 19.3 Å². The molecule has 1 aromatic carbocycles. The highest BCUT2D eigenvalue weighted by Gasteiger charge is 2.37. The summed E-state index contributed by atoms with van der Waals surface area (Å²) >= 11 is 11.8. The van der Waals surface area contributed by atoms with Crippen LogP contribution in [0.25, 0.3) is 5.82 Å². The van der Waals surface area contributed by atoms with Gasteiger partial charge in [-0.05, 0) is 31.2 Å². The number of nitrogens with one attached hydrogen (secondary N) is 1. The minimum atomic E-state index is -4.55. The number of fused-ring (bicyclic) bond motifs is 1. The van der Waals surface area contributed by atoms with Gasteiger partial charge in [-0.1, -0.05) is 23.2 Å². The first kappa shape index (κ1) is 22.7. The molecule has 4 rings (SSSR count). The molecule has 0 aliphatic carbocycles. The Hall–Kier alpha value is -3.44. The van der Waals surface area contributed by atoms with Gasteiger partial charge in [-0.15, -0.1) is 0 Å². The fraction of sp³-hybridized carbons (Fsp3) is 0.150. The third kappa shape index (κ3) is 4.29. The van der Waals surface area contributed by atoms with Crippen LogP contribution >= 0.6 is 23.2 Å². The second kappa shape index (κ2) is 8.16. The van der Waals surface area contributed by atoms with Crippen LogP contribution in [0.2, 0.25) is 10.0 Å². The van der Waals surface area contributed by atoms with E-state index in [4.69, 9.17) is 23.2 Å². The number of hydrogen-bond acceptors (Lipinski definition) is 5. The number of carbonyl (C=O) groups excluding carboxylic acids is 3. The van der Waals surface area contributed by atoms with Crippen LogP contribution in [0.4, 0.5) is 19.0 Å². The first-order valence-corrected chi connectivity index (χ1v) is 9.96. The first-order valence-electron chi connectivity index (χ1n) is 9.21. The lowest BCUT2D eigenvalue weighted by atomic mass is 10.1. The van der Waals surface area contributed by atoms with Crippen molar-refractivity contribution in [1.82, 2.24) is 19.7 Å². The van der Waals surface area contributed by atoms with Gasteiger partial charge < -0.3 is 5.32 Å². The molecule has 0 spiro atoms. The maximum absolute atomic E-state index is 12.8. The van der Waals surface area contributed by atoms with Crippen molar-refractivity contribution in [2.75, 3.05) is 11.9 Å². The Kier molecular flexibility index (Phi) is 5.62. The zero-order valence-corrected chi connectivity index (χ0v) is 18.1. The highest BCUT2D eigenvalue weighted by Crippen LogP contribution is 2.32. The molecule has 0 radical (unpaired) electrons. The topological polar surface area (TPSA) is 97.2 Å². The van der Waals surface area contributed by atoms with Gasteiger partial charge in [0.2, 0.25) is 5.91 Å². The summed E-state index contributed by atoms with van der Waals surface area (Å²) < 4.78 is 39.5. The SMILES string of the molecule is Cc1cc(NC(=O)CN2C(=O)c3cc(Cl)c(Cl)cc3C2=O)n(-c2ccc(C(F)(F)F)cn2)n1. The van der Waals surface area contributed by atoms with Gasteiger partial charge in [0.15, 0.2) is 5.82 Å². The molecule has 33 heavy (non-hydrogen) atoms. The molecule has 2 aromatic heterocycles. The highest BCUT2D eigenvalue weighted by molar-refractivity contribution is 6.43. The minimum Gasteiger partial charge on any atom is -0.309 e. The Morgan fingerprint density at radius 3 is 2.18 bits per heavy atom. The Balaban J connectivity index is 1.53. The summed E-state index contributed by atoms with van der Waals surface area (Å²) in [7, 11) is 0. The van der Waals surface area contributed by atoms with E-state index in [0.29, 0.717) is 11.9 Å². The molecule has 3 heterocycles. The third-order valence-corrected chi connectivity index (χ3v) is 5.43.